The van der Waals surface area contributed by atoms with Gasteiger partial charge < -0.3 is 14.2 Å². The number of esters is 3. The number of phosphoric ester groups is 1. The number of carbonyl (C=O) groups excluding carboxylic acids is 3. The van der Waals surface area contributed by atoms with Gasteiger partial charge in [0, 0.05) is 23.4 Å². The molecule has 30 heteroatoms. The molecular weight excluding hydrogens is 992 g/mol. The number of rotatable bonds is 20. The lowest BCUT2D eigenvalue weighted by Gasteiger charge is -2.43. The molecule has 5 aromatic carbocycles. The second-order valence-corrected chi connectivity index (χ2v) is 17.6. The fraction of sp³-hybridized carbons (Fsp3) is 0.195. The monoisotopic (exact) mass is 1020 g/mol. The molecule has 71 heavy (non-hydrogen) atoms. The van der Waals surface area contributed by atoms with Crippen molar-refractivity contribution in [2.75, 3.05) is 0 Å². The Morgan fingerprint density at radius 3 is 1.17 bits per heavy atom. The predicted octanol–water partition coefficient (Wildman–Crippen LogP) is 8.13. The van der Waals surface area contributed by atoms with Crippen LogP contribution in [0.1, 0.15) is 49.1 Å². The van der Waals surface area contributed by atoms with Crippen molar-refractivity contribution < 1.29 is 76.3 Å². The lowest BCUT2D eigenvalue weighted by Crippen LogP contribution is -2.57. The number of nitro groups is 6. The summed E-state index contributed by atoms with van der Waals surface area (Å²) < 4.78 is 49.5. The van der Waals surface area contributed by atoms with Crippen LogP contribution in [-0.2, 0) is 45.6 Å². The number of nitro benzene ring substituents is 6. The van der Waals surface area contributed by atoms with Gasteiger partial charge in [-0.05, 0) is 36.2 Å². The maximum absolute atomic E-state index is 14.9. The Morgan fingerprint density at radius 1 is 0.493 bits per heavy atom. The zero-order valence-corrected chi connectivity index (χ0v) is 37.5. The number of hydrogen-bond donors (Lipinski definition) is 0. The number of phosphoric acid groups is 1. The van der Waals surface area contributed by atoms with Crippen LogP contribution in [0.15, 0.2) is 115 Å². The fourth-order valence-electron chi connectivity index (χ4n) is 6.59. The van der Waals surface area contributed by atoms with Crippen LogP contribution < -0.4 is 0 Å². The number of benzene rings is 5. The highest BCUT2D eigenvalue weighted by Gasteiger charge is 2.54. The lowest BCUT2D eigenvalue weighted by atomic mass is 10.0. The largest absolute Gasteiger partial charge is 0.476 e. The van der Waals surface area contributed by atoms with Crippen molar-refractivity contribution in [2.24, 2.45) is 0 Å². The Bertz CT molecular complexity index is 2960. The maximum Gasteiger partial charge on any atom is 0.476 e. The molecule has 6 rings (SSSR count). The molecule has 0 aromatic heterocycles. The van der Waals surface area contributed by atoms with E-state index in [0.717, 1.165) is 0 Å². The second kappa shape index (κ2) is 22.2. The predicted molar refractivity (Wildman–Crippen MR) is 239 cm³/mol. The van der Waals surface area contributed by atoms with Gasteiger partial charge in [0.25, 0.3) is 34.1 Å². The number of thioether (sulfide) groups is 1. The van der Waals surface area contributed by atoms with Crippen molar-refractivity contribution in [3.63, 3.8) is 0 Å². The van der Waals surface area contributed by atoms with Gasteiger partial charge in [0.2, 0.25) is 0 Å². The molecule has 0 unspecified atom stereocenters. The van der Waals surface area contributed by atoms with E-state index in [-0.39, 0.29) is 0 Å². The molecule has 1 aliphatic heterocycles. The van der Waals surface area contributed by atoms with E-state index in [9.17, 15) is 79.6 Å². The molecule has 0 amide bonds. The Labute approximate surface area is 399 Å². The summed E-state index contributed by atoms with van der Waals surface area (Å²) in [6.07, 6.45) is -6.86. The highest BCUT2D eigenvalue weighted by Crippen LogP contribution is 2.56. The SMILES string of the molecule is C[C@@H]1S[C@@H](OP(=O)(OCc2ccccc2)OCc2ccccc2)[C@@H](OC(=O)c2ccc([N+](=O)[O-])cc2[N+](=O)[O-])[C@H](OC(=O)c2ccc([N+](=O)[O-])cc2[N+](=O)[O-])[C@@H]1OC(=O)c1ccc([N+](=O)[O-])cc1[N+](=O)[O-]. The third kappa shape index (κ3) is 12.5. The molecule has 1 heterocycles. The Kier molecular flexibility index (Phi) is 16.2. The standard InChI is InChI=1S/C41H31N6O22PS/c1-23-35(66-38(48)29-15-12-26(42(51)52)18-32(29)45(57)58)36(67-39(49)30-16-13-27(43(53)54)19-33(30)46(59)60)37(68-40(50)31-17-14-28(44(55)56)20-34(31)47(61)62)41(71-23)69-70(63,64-21-24-8-4-2-5-9-24)65-22-25-10-6-3-7-11-25/h2-20,23,35-37,41H,21-22H2,1H3/t23-,35+,36+,37-,41+/m0/s1. The first kappa shape index (κ1) is 51.8. The van der Waals surface area contributed by atoms with Crippen LogP contribution in [0.25, 0.3) is 0 Å². The molecule has 1 aliphatic rings. The van der Waals surface area contributed by atoms with Gasteiger partial charge in [-0.3, -0.25) is 74.3 Å². The second-order valence-electron chi connectivity index (χ2n) is 14.5. The van der Waals surface area contributed by atoms with Gasteiger partial charge in [0.1, 0.15) is 16.7 Å². The zero-order valence-electron chi connectivity index (χ0n) is 35.8. The van der Waals surface area contributed by atoms with Crippen LogP contribution in [0.3, 0.4) is 0 Å². The minimum atomic E-state index is -5.05. The molecule has 0 bridgehead atoms. The molecule has 5 atom stereocenters. The third-order valence-corrected chi connectivity index (χ3v) is 12.8. The summed E-state index contributed by atoms with van der Waals surface area (Å²) in [4.78, 5) is 107. The van der Waals surface area contributed by atoms with Crippen molar-refractivity contribution >= 4 is 71.6 Å². The molecular formula is C41H31N6O22PS. The molecule has 28 nitrogen and oxygen atoms in total. The third-order valence-electron chi connectivity index (χ3n) is 9.98. The van der Waals surface area contributed by atoms with E-state index < -0.39 is 148 Å². The first-order valence-electron chi connectivity index (χ1n) is 19.9. The highest BCUT2D eigenvalue weighted by molar-refractivity contribution is 8.00. The van der Waals surface area contributed by atoms with E-state index in [1.165, 1.54) is 6.92 Å². The van der Waals surface area contributed by atoms with E-state index in [0.29, 0.717) is 77.5 Å². The average Bonchev–Trinajstić information content (AvgIpc) is 3.34. The number of ether oxygens (including phenoxy) is 3. The molecule has 0 N–H and O–H groups in total. The minimum Gasteiger partial charge on any atom is -0.453 e. The van der Waals surface area contributed by atoms with Crippen LogP contribution in [0, 0.1) is 60.7 Å². The van der Waals surface area contributed by atoms with Crippen molar-refractivity contribution in [3.8, 4) is 0 Å². The molecule has 1 fully saturated rings. The number of hydrogen-bond acceptors (Lipinski definition) is 23. The van der Waals surface area contributed by atoms with E-state index in [4.69, 9.17) is 27.8 Å². The van der Waals surface area contributed by atoms with Gasteiger partial charge in [-0.15, -0.1) is 11.8 Å². The van der Waals surface area contributed by atoms with Gasteiger partial charge in [-0.1, -0.05) is 60.7 Å². The van der Waals surface area contributed by atoms with Crippen molar-refractivity contribution in [2.45, 2.75) is 49.1 Å². The molecule has 0 aliphatic carbocycles. The van der Waals surface area contributed by atoms with Gasteiger partial charge >= 0.3 is 25.7 Å². The maximum atomic E-state index is 14.9. The number of carbonyl (C=O) groups is 3. The number of nitrogens with zero attached hydrogens (tertiary/aromatic N) is 6. The molecule has 5 aromatic rings. The average molecular weight is 1020 g/mol. The van der Waals surface area contributed by atoms with Crippen molar-refractivity contribution in [1.82, 2.24) is 0 Å². The lowest BCUT2D eigenvalue weighted by molar-refractivity contribution is -0.394. The molecule has 1 saturated heterocycles. The van der Waals surface area contributed by atoms with Crippen molar-refractivity contribution in [3.05, 3.63) is 204 Å². The summed E-state index contributed by atoms with van der Waals surface area (Å²) in [7, 11) is -5.05. The summed E-state index contributed by atoms with van der Waals surface area (Å²) in [5, 5.41) is 69.6. The van der Waals surface area contributed by atoms with E-state index in [1.807, 2.05) is 0 Å². The Morgan fingerprint density at radius 2 is 0.831 bits per heavy atom. The van der Waals surface area contributed by atoms with Crippen LogP contribution >= 0.6 is 19.6 Å². The Balaban J connectivity index is 1.52. The van der Waals surface area contributed by atoms with Gasteiger partial charge in [0.15, 0.2) is 23.7 Å². The summed E-state index contributed by atoms with van der Waals surface area (Å²) in [6, 6.07) is 21.2. The van der Waals surface area contributed by atoms with Gasteiger partial charge in [0.05, 0.1) is 61.0 Å². The van der Waals surface area contributed by atoms with Gasteiger partial charge in [-0.2, -0.15) is 0 Å². The summed E-state index contributed by atoms with van der Waals surface area (Å²) in [5.41, 5.74) is -10.2. The smallest absolute Gasteiger partial charge is 0.453 e. The minimum absolute atomic E-state index is 0.392. The molecule has 0 saturated carbocycles. The normalized spacial score (nSPS) is 17.5. The quantitative estimate of drug-likeness (QED) is 0.0233. The zero-order chi connectivity index (χ0) is 51.7. The first-order valence-corrected chi connectivity index (χ1v) is 22.3. The van der Waals surface area contributed by atoms with Crippen LogP contribution in [-0.4, -0.2) is 76.4 Å². The van der Waals surface area contributed by atoms with Crippen molar-refractivity contribution in [1.29, 1.82) is 0 Å². The van der Waals surface area contributed by atoms with E-state index >= 15 is 0 Å². The topological polar surface area (TPSA) is 382 Å². The molecule has 0 spiro atoms. The molecule has 368 valence electrons. The molecule has 0 radical (unpaired) electrons. The van der Waals surface area contributed by atoms with Crippen LogP contribution in [0.4, 0.5) is 34.1 Å². The van der Waals surface area contributed by atoms with Crippen LogP contribution in [0.2, 0.25) is 0 Å². The Hall–Kier alpha value is -8.63. The van der Waals surface area contributed by atoms with Gasteiger partial charge in [-0.25, -0.2) is 18.9 Å². The summed E-state index contributed by atoms with van der Waals surface area (Å²) in [5.74, 6) is -5.11. The van der Waals surface area contributed by atoms with Crippen LogP contribution in [0.5, 0.6) is 0 Å². The number of non-ortho nitro benzene ring substituents is 3. The van der Waals surface area contributed by atoms with E-state index in [2.05, 4.69) is 0 Å². The fourth-order valence-corrected chi connectivity index (χ4v) is 9.45. The highest BCUT2D eigenvalue weighted by atomic mass is 32.2. The van der Waals surface area contributed by atoms with E-state index in [1.54, 1.807) is 60.7 Å². The first-order chi connectivity index (χ1) is 33.7. The summed E-state index contributed by atoms with van der Waals surface area (Å²) in [6.45, 7) is 0.295. The summed E-state index contributed by atoms with van der Waals surface area (Å²) >= 11 is 0.491.